The lowest BCUT2D eigenvalue weighted by molar-refractivity contribution is -0.137. The molecule has 4 unspecified atom stereocenters. The van der Waals surface area contributed by atoms with Gasteiger partial charge in [-0.25, -0.2) is 0 Å². The van der Waals surface area contributed by atoms with Crippen molar-refractivity contribution >= 4 is 17.5 Å². The number of carbonyl (C=O) groups is 1. The first-order valence-corrected chi connectivity index (χ1v) is 9.50. The molecule has 1 aliphatic carbocycles. The molecular formula is C20H29ClN2O. The number of rotatable bonds is 3. The number of hydrogen-bond acceptors (Lipinski definition) is 2. The van der Waals surface area contributed by atoms with Crippen molar-refractivity contribution < 1.29 is 4.79 Å². The molecule has 0 bridgehead atoms. The Kier molecular flexibility index (Phi) is 4.69. The number of alkyl halides is 1. The van der Waals surface area contributed by atoms with E-state index in [1.54, 1.807) is 0 Å². The zero-order valence-electron chi connectivity index (χ0n) is 15.4. The van der Waals surface area contributed by atoms with E-state index in [4.69, 9.17) is 11.6 Å². The highest BCUT2D eigenvalue weighted by Crippen LogP contribution is 2.54. The maximum atomic E-state index is 13.0. The van der Waals surface area contributed by atoms with Crippen LogP contribution in [-0.2, 0) is 10.2 Å². The summed E-state index contributed by atoms with van der Waals surface area (Å²) in [5.41, 5.74) is 2.76. The first-order chi connectivity index (χ1) is 11.3. The lowest BCUT2D eigenvalue weighted by Gasteiger charge is -2.47. The standard InChI is InChI=1S/C20H29ClN2O/c1-6-23(7-2)19(24)14-12-22(5)18-16(17(14)21)13-10-8-9-11-15(13)20(18,3)4/h8-11,14,16-18H,6-7,12H2,1-5H3. The zero-order chi connectivity index (χ0) is 17.6. The number of likely N-dealkylation sites (tertiary alicyclic amines) is 1. The normalized spacial score (nSPS) is 31.4. The van der Waals surface area contributed by atoms with Gasteiger partial charge in [0.25, 0.3) is 0 Å². The van der Waals surface area contributed by atoms with Crippen LogP contribution in [0.15, 0.2) is 24.3 Å². The van der Waals surface area contributed by atoms with Gasteiger partial charge in [-0.15, -0.1) is 11.6 Å². The summed E-state index contributed by atoms with van der Waals surface area (Å²) in [4.78, 5) is 17.3. The van der Waals surface area contributed by atoms with Gasteiger partial charge < -0.3 is 9.80 Å². The minimum absolute atomic E-state index is 0.0480. The monoisotopic (exact) mass is 348 g/mol. The van der Waals surface area contributed by atoms with Crippen molar-refractivity contribution in [2.24, 2.45) is 5.92 Å². The second-order valence-electron chi connectivity index (χ2n) is 7.78. The molecular weight excluding hydrogens is 320 g/mol. The van der Waals surface area contributed by atoms with Gasteiger partial charge in [0.15, 0.2) is 0 Å². The van der Waals surface area contributed by atoms with Gasteiger partial charge in [-0.1, -0.05) is 38.1 Å². The van der Waals surface area contributed by atoms with Crippen LogP contribution >= 0.6 is 11.6 Å². The van der Waals surface area contributed by atoms with Gasteiger partial charge in [-0.05, 0) is 32.0 Å². The molecule has 1 saturated heterocycles. The Morgan fingerprint density at radius 1 is 1.29 bits per heavy atom. The van der Waals surface area contributed by atoms with Crippen LogP contribution in [0.5, 0.6) is 0 Å². The highest BCUT2D eigenvalue weighted by atomic mass is 35.5. The molecule has 0 radical (unpaired) electrons. The lowest BCUT2D eigenvalue weighted by atomic mass is 9.75. The fourth-order valence-electron chi connectivity index (χ4n) is 5.08. The Morgan fingerprint density at radius 3 is 2.54 bits per heavy atom. The average Bonchev–Trinajstić information content (AvgIpc) is 2.81. The van der Waals surface area contributed by atoms with E-state index in [0.717, 1.165) is 19.6 Å². The predicted molar refractivity (Wildman–Crippen MR) is 99.7 cm³/mol. The topological polar surface area (TPSA) is 23.6 Å². The molecule has 1 fully saturated rings. The summed E-state index contributed by atoms with van der Waals surface area (Å²) in [5.74, 6) is 0.272. The first-order valence-electron chi connectivity index (χ1n) is 9.07. The van der Waals surface area contributed by atoms with Gasteiger partial charge >= 0.3 is 0 Å². The molecule has 4 atom stereocenters. The smallest absolute Gasteiger partial charge is 0.228 e. The zero-order valence-corrected chi connectivity index (χ0v) is 16.2. The highest BCUT2D eigenvalue weighted by molar-refractivity contribution is 6.23. The maximum Gasteiger partial charge on any atom is 0.228 e. The van der Waals surface area contributed by atoms with Crippen molar-refractivity contribution in [1.29, 1.82) is 0 Å². The molecule has 0 aromatic heterocycles. The lowest BCUT2D eigenvalue weighted by Crippen LogP contribution is -2.58. The summed E-state index contributed by atoms with van der Waals surface area (Å²) in [5, 5.41) is -0.151. The SMILES string of the molecule is CCN(CC)C(=O)C1CN(C)C2C(c3ccccc3C2(C)C)C1Cl. The van der Waals surface area contributed by atoms with E-state index >= 15 is 0 Å². The summed E-state index contributed by atoms with van der Waals surface area (Å²) in [7, 11) is 2.15. The number of nitrogens with zero attached hydrogens (tertiary/aromatic N) is 2. The molecule has 2 aliphatic rings. The van der Waals surface area contributed by atoms with Crippen LogP contribution in [0.1, 0.15) is 44.7 Å². The molecule has 1 aromatic carbocycles. The fourth-order valence-corrected chi connectivity index (χ4v) is 5.54. The highest BCUT2D eigenvalue weighted by Gasteiger charge is 2.56. The Labute approximate surface area is 151 Å². The molecule has 1 heterocycles. The van der Waals surface area contributed by atoms with Crippen molar-refractivity contribution in [2.75, 3.05) is 26.7 Å². The molecule has 1 amide bonds. The summed E-state index contributed by atoms with van der Waals surface area (Å²) in [6.45, 7) is 10.9. The number of benzene rings is 1. The molecule has 4 heteroatoms. The number of likely N-dealkylation sites (N-methyl/N-ethyl adjacent to an activating group) is 1. The maximum absolute atomic E-state index is 13.0. The summed E-state index contributed by atoms with van der Waals surface area (Å²) < 4.78 is 0. The number of carbonyl (C=O) groups excluding carboxylic acids is 1. The van der Waals surface area contributed by atoms with E-state index in [2.05, 4.69) is 50.1 Å². The van der Waals surface area contributed by atoms with E-state index in [0.29, 0.717) is 6.04 Å². The number of hydrogen-bond donors (Lipinski definition) is 0. The Morgan fingerprint density at radius 2 is 1.92 bits per heavy atom. The minimum Gasteiger partial charge on any atom is -0.343 e. The molecule has 0 saturated carbocycles. The third-order valence-corrected chi connectivity index (χ3v) is 6.75. The summed E-state index contributed by atoms with van der Waals surface area (Å²) >= 11 is 6.98. The quantitative estimate of drug-likeness (QED) is 0.781. The summed E-state index contributed by atoms with van der Waals surface area (Å²) in [6.07, 6.45) is 0. The minimum atomic E-state index is -0.151. The first kappa shape index (κ1) is 17.8. The van der Waals surface area contributed by atoms with E-state index in [1.807, 2.05) is 18.7 Å². The van der Waals surface area contributed by atoms with Crippen molar-refractivity contribution in [3.05, 3.63) is 35.4 Å². The van der Waals surface area contributed by atoms with E-state index in [1.165, 1.54) is 11.1 Å². The molecule has 132 valence electrons. The molecule has 3 rings (SSSR count). The number of halogens is 1. The van der Waals surface area contributed by atoms with Crippen molar-refractivity contribution in [3.63, 3.8) is 0 Å². The van der Waals surface area contributed by atoms with Gasteiger partial charge in [0.1, 0.15) is 0 Å². The molecule has 1 aliphatic heterocycles. The second kappa shape index (κ2) is 6.34. The van der Waals surface area contributed by atoms with Crippen LogP contribution in [0.4, 0.5) is 0 Å². The van der Waals surface area contributed by atoms with Crippen molar-refractivity contribution in [2.45, 2.75) is 50.4 Å². The number of piperidine rings is 1. The molecule has 3 nitrogen and oxygen atoms in total. The molecule has 24 heavy (non-hydrogen) atoms. The molecule has 1 aromatic rings. The van der Waals surface area contributed by atoms with Gasteiger partial charge in [0.05, 0.1) is 11.3 Å². The van der Waals surface area contributed by atoms with Crippen LogP contribution in [0.2, 0.25) is 0 Å². The van der Waals surface area contributed by atoms with Gasteiger partial charge in [0.2, 0.25) is 5.91 Å². The van der Waals surface area contributed by atoms with Gasteiger partial charge in [-0.3, -0.25) is 4.79 Å². The largest absolute Gasteiger partial charge is 0.343 e. The number of amides is 1. The van der Waals surface area contributed by atoms with Gasteiger partial charge in [-0.2, -0.15) is 0 Å². The predicted octanol–water partition coefficient (Wildman–Crippen LogP) is 3.47. The van der Waals surface area contributed by atoms with E-state index in [9.17, 15) is 4.79 Å². The Hall–Kier alpha value is -1.06. The molecule has 0 N–H and O–H groups in total. The Bertz CT molecular complexity index is 626. The van der Waals surface area contributed by atoms with Crippen LogP contribution in [0.3, 0.4) is 0 Å². The summed E-state index contributed by atoms with van der Waals surface area (Å²) in [6, 6.07) is 8.98. The van der Waals surface area contributed by atoms with Crippen molar-refractivity contribution in [1.82, 2.24) is 9.80 Å². The van der Waals surface area contributed by atoms with E-state index in [-0.39, 0.29) is 28.5 Å². The van der Waals surface area contributed by atoms with Crippen LogP contribution < -0.4 is 0 Å². The second-order valence-corrected chi connectivity index (χ2v) is 8.28. The van der Waals surface area contributed by atoms with Crippen LogP contribution in [0.25, 0.3) is 0 Å². The number of fused-ring (bicyclic) bond motifs is 3. The average molecular weight is 349 g/mol. The fraction of sp³-hybridized carbons (Fsp3) is 0.650. The van der Waals surface area contributed by atoms with Crippen LogP contribution in [-0.4, -0.2) is 53.8 Å². The molecule has 0 spiro atoms. The Balaban J connectivity index is 2.00. The van der Waals surface area contributed by atoms with Crippen LogP contribution in [0, 0.1) is 5.92 Å². The van der Waals surface area contributed by atoms with Gasteiger partial charge in [0, 0.05) is 37.0 Å². The third-order valence-electron chi connectivity index (χ3n) is 6.17. The third kappa shape index (κ3) is 2.48. The van der Waals surface area contributed by atoms with E-state index < -0.39 is 0 Å². The van der Waals surface area contributed by atoms with Crippen molar-refractivity contribution in [3.8, 4) is 0 Å².